The molecular formula is C20H18ClFN2O4. The average Bonchev–Trinajstić information content (AvgIpc) is 3.05. The highest BCUT2D eigenvalue weighted by Crippen LogP contribution is 2.26. The Morgan fingerprint density at radius 2 is 1.96 bits per heavy atom. The van der Waals surface area contributed by atoms with Crippen LogP contribution < -0.4 is 10.2 Å². The Bertz CT molecular complexity index is 917. The van der Waals surface area contributed by atoms with Crippen LogP contribution >= 0.6 is 11.6 Å². The highest BCUT2D eigenvalue weighted by Gasteiger charge is 2.36. The van der Waals surface area contributed by atoms with Crippen LogP contribution in [0.2, 0.25) is 5.02 Å². The van der Waals surface area contributed by atoms with Gasteiger partial charge in [0.2, 0.25) is 5.91 Å². The molecule has 0 saturated carbocycles. The van der Waals surface area contributed by atoms with Gasteiger partial charge in [0.05, 0.1) is 5.92 Å². The summed E-state index contributed by atoms with van der Waals surface area (Å²) in [4.78, 5) is 37.7. The molecule has 6 nitrogen and oxygen atoms in total. The first-order valence-corrected chi connectivity index (χ1v) is 9.00. The summed E-state index contributed by atoms with van der Waals surface area (Å²) < 4.78 is 18.1. The van der Waals surface area contributed by atoms with E-state index in [0.29, 0.717) is 16.4 Å². The first-order valence-electron chi connectivity index (χ1n) is 8.62. The van der Waals surface area contributed by atoms with Gasteiger partial charge in [0, 0.05) is 29.4 Å². The number of anilines is 2. The summed E-state index contributed by atoms with van der Waals surface area (Å²) in [6.07, 6.45) is -0.0224. The normalized spacial score (nSPS) is 16.2. The molecule has 146 valence electrons. The maximum atomic E-state index is 13.0. The molecule has 0 aliphatic carbocycles. The summed E-state index contributed by atoms with van der Waals surface area (Å²) in [5.41, 5.74) is 1.88. The number of benzene rings is 2. The Labute approximate surface area is 166 Å². The molecule has 2 aromatic carbocycles. The fourth-order valence-corrected chi connectivity index (χ4v) is 3.04. The van der Waals surface area contributed by atoms with E-state index in [1.165, 1.54) is 29.2 Å². The van der Waals surface area contributed by atoms with Gasteiger partial charge in [-0.2, -0.15) is 0 Å². The van der Waals surface area contributed by atoms with E-state index in [2.05, 4.69) is 5.32 Å². The minimum Gasteiger partial charge on any atom is -0.455 e. The summed E-state index contributed by atoms with van der Waals surface area (Å²) >= 11 is 6.00. The highest BCUT2D eigenvalue weighted by molar-refractivity contribution is 6.31. The van der Waals surface area contributed by atoms with Crippen molar-refractivity contribution >= 4 is 40.8 Å². The lowest BCUT2D eigenvalue weighted by molar-refractivity contribution is -0.151. The maximum absolute atomic E-state index is 13.0. The molecule has 1 aliphatic rings. The minimum absolute atomic E-state index is 0.0224. The fraction of sp³-hybridized carbons (Fsp3) is 0.250. The summed E-state index contributed by atoms with van der Waals surface area (Å²) in [6, 6.07) is 10.5. The predicted octanol–water partition coefficient (Wildman–Crippen LogP) is 3.32. The van der Waals surface area contributed by atoms with Crippen molar-refractivity contribution in [1.82, 2.24) is 0 Å². The van der Waals surface area contributed by atoms with Gasteiger partial charge in [0.15, 0.2) is 6.61 Å². The second kappa shape index (κ2) is 8.39. The molecule has 1 unspecified atom stereocenters. The lowest BCUT2D eigenvalue weighted by Gasteiger charge is -2.16. The zero-order valence-electron chi connectivity index (χ0n) is 15.1. The molecule has 1 aliphatic heterocycles. The molecule has 1 fully saturated rings. The van der Waals surface area contributed by atoms with E-state index < -0.39 is 30.2 Å². The molecule has 28 heavy (non-hydrogen) atoms. The fourth-order valence-electron chi connectivity index (χ4n) is 2.86. The van der Waals surface area contributed by atoms with E-state index in [1.54, 1.807) is 18.2 Å². The molecular weight excluding hydrogens is 387 g/mol. The first kappa shape index (κ1) is 19.8. The molecule has 3 rings (SSSR count). The lowest BCUT2D eigenvalue weighted by Crippen LogP contribution is -2.28. The van der Waals surface area contributed by atoms with E-state index in [-0.39, 0.29) is 18.9 Å². The number of hydrogen-bond donors (Lipinski definition) is 1. The molecule has 8 heteroatoms. The van der Waals surface area contributed by atoms with Crippen molar-refractivity contribution in [2.45, 2.75) is 13.3 Å². The topological polar surface area (TPSA) is 75.7 Å². The Balaban J connectivity index is 1.52. The number of nitrogens with zero attached hydrogens (tertiary/aromatic N) is 1. The minimum atomic E-state index is -0.681. The van der Waals surface area contributed by atoms with Crippen molar-refractivity contribution in [3.63, 3.8) is 0 Å². The van der Waals surface area contributed by atoms with Gasteiger partial charge in [-0.1, -0.05) is 17.7 Å². The zero-order chi connectivity index (χ0) is 20.3. The van der Waals surface area contributed by atoms with Crippen LogP contribution in [0.5, 0.6) is 0 Å². The Morgan fingerprint density at radius 1 is 1.25 bits per heavy atom. The van der Waals surface area contributed by atoms with Gasteiger partial charge in [-0.3, -0.25) is 14.4 Å². The summed E-state index contributed by atoms with van der Waals surface area (Å²) in [5.74, 6) is -2.48. The van der Waals surface area contributed by atoms with Gasteiger partial charge < -0.3 is 15.0 Å². The van der Waals surface area contributed by atoms with Crippen molar-refractivity contribution in [2.24, 2.45) is 5.92 Å². The third kappa shape index (κ3) is 4.67. The highest BCUT2D eigenvalue weighted by atomic mass is 35.5. The predicted molar refractivity (Wildman–Crippen MR) is 103 cm³/mol. The molecule has 1 saturated heterocycles. The molecule has 0 bridgehead atoms. The van der Waals surface area contributed by atoms with Gasteiger partial charge in [-0.25, -0.2) is 4.39 Å². The van der Waals surface area contributed by atoms with Gasteiger partial charge >= 0.3 is 5.97 Å². The first-order chi connectivity index (χ1) is 13.3. The van der Waals surface area contributed by atoms with Gasteiger partial charge in [-0.05, 0) is 48.9 Å². The van der Waals surface area contributed by atoms with Crippen LogP contribution in [0, 0.1) is 18.7 Å². The third-order valence-corrected chi connectivity index (χ3v) is 4.80. The van der Waals surface area contributed by atoms with Crippen LogP contribution in [0.3, 0.4) is 0 Å². The second-order valence-electron chi connectivity index (χ2n) is 6.50. The van der Waals surface area contributed by atoms with Gasteiger partial charge in [0.1, 0.15) is 5.82 Å². The van der Waals surface area contributed by atoms with Crippen molar-refractivity contribution in [3.8, 4) is 0 Å². The number of nitrogens with one attached hydrogen (secondary N) is 1. The van der Waals surface area contributed by atoms with E-state index in [9.17, 15) is 18.8 Å². The lowest BCUT2D eigenvalue weighted by atomic mass is 10.1. The summed E-state index contributed by atoms with van der Waals surface area (Å²) in [5, 5.41) is 3.11. The van der Waals surface area contributed by atoms with Crippen LogP contribution in [-0.4, -0.2) is 30.9 Å². The van der Waals surface area contributed by atoms with Crippen LogP contribution in [0.4, 0.5) is 15.8 Å². The van der Waals surface area contributed by atoms with Crippen molar-refractivity contribution in [2.75, 3.05) is 23.4 Å². The smallest absolute Gasteiger partial charge is 0.311 e. The number of carbonyl (C=O) groups excluding carboxylic acids is 3. The SMILES string of the molecule is Cc1ccc(NC(=O)COC(=O)C2CC(=O)N(c3ccc(F)cc3)C2)cc1Cl. The number of carbonyl (C=O) groups is 3. The van der Waals surface area contributed by atoms with E-state index in [1.807, 2.05) is 6.92 Å². The van der Waals surface area contributed by atoms with Crippen molar-refractivity contribution in [3.05, 3.63) is 58.9 Å². The van der Waals surface area contributed by atoms with Crippen molar-refractivity contribution < 1.29 is 23.5 Å². The van der Waals surface area contributed by atoms with E-state index in [4.69, 9.17) is 16.3 Å². The molecule has 2 aromatic rings. The number of halogens is 2. The molecule has 0 spiro atoms. The second-order valence-corrected chi connectivity index (χ2v) is 6.91. The summed E-state index contributed by atoms with van der Waals surface area (Å²) in [7, 11) is 0. The Kier molecular flexibility index (Phi) is 5.94. The van der Waals surface area contributed by atoms with Crippen LogP contribution in [0.15, 0.2) is 42.5 Å². The Morgan fingerprint density at radius 3 is 2.64 bits per heavy atom. The number of rotatable bonds is 5. The molecule has 0 aromatic heterocycles. The number of amides is 2. The van der Waals surface area contributed by atoms with Gasteiger partial charge in [-0.15, -0.1) is 0 Å². The number of aryl methyl sites for hydroxylation is 1. The van der Waals surface area contributed by atoms with Crippen molar-refractivity contribution in [1.29, 1.82) is 0 Å². The monoisotopic (exact) mass is 404 g/mol. The average molecular weight is 405 g/mol. The molecule has 1 N–H and O–H groups in total. The largest absolute Gasteiger partial charge is 0.455 e. The molecule has 1 atom stereocenters. The molecule has 1 heterocycles. The van der Waals surface area contributed by atoms with Crippen LogP contribution in [0.25, 0.3) is 0 Å². The number of hydrogen-bond acceptors (Lipinski definition) is 4. The Hall–Kier alpha value is -2.93. The quantitative estimate of drug-likeness (QED) is 0.776. The number of esters is 1. The van der Waals surface area contributed by atoms with Gasteiger partial charge in [0.25, 0.3) is 5.91 Å². The molecule has 2 amide bonds. The maximum Gasteiger partial charge on any atom is 0.311 e. The summed E-state index contributed by atoms with van der Waals surface area (Å²) in [6.45, 7) is 1.50. The zero-order valence-corrected chi connectivity index (χ0v) is 15.8. The molecule has 0 radical (unpaired) electrons. The van der Waals surface area contributed by atoms with Crippen LogP contribution in [0.1, 0.15) is 12.0 Å². The standard InChI is InChI=1S/C20H18ClFN2O4/c1-12-2-5-15(9-17(12)21)23-18(25)11-28-20(27)13-8-19(26)24(10-13)16-6-3-14(22)4-7-16/h2-7,9,13H,8,10-11H2,1H3,(H,23,25). The van der Waals surface area contributed by atoms with E-state index >= 15 is 0 Å². The number of ether oxygens (including phenoxy) is 1. The van der Waals surface area contributed by atoms with E-state index in [0.717, 1.165) is 5.56 Å². The third-order valence-electron chi connectivity index (χ3n) is 4.40. The van der Waals surface area contributed by atoms with Crippen LogP contribution in [-0.2, 0) is 19.1 Å².